The summed E-state index contributed by atoms with van der Waals surface area (Å²) in [5, 5.41) is 3.56. The molecule has 7 heteroatoms. The van der Waals surface area contributed by atoms with E-state index >= 15 is 0 Å². The number of halogens is 1. The largest absolute Gasteiger partial charge is 0.352 e. The molecule has 0 aliphatic carbocycles. The van der Waals surface area contributed by atoms with Crippen LogP contribution in [-0.4, -0.2) is 40.9 Å². The van der Waals surface area contributed by atoms with Gasteiger partial charge in [-0.05, 0) is 49.4 Å². The van der Waals surface area contributed by atoms with Crippen LogP contribution in [0.15, 0.2) is 47.4 Å². The van der Waals surface area contributed by atoms with E-state index in [9.17, 15) is 14.4 Å². The number of hydrogen-bond donors (Lipinski definition) is 1. The minimum absolute atomic E-state index is 0.0312. The molecule has 2 amide bonds. The zero-order chi connectivity index (χ0) is 19.9. The molecule has 1 aliphatic rings. The van der Waals surface area contributed by atoms with Crippen molar-refractivity contribution in [3.63, 3.8) is 0 Å². The molecule has 148 valence electrons. The summed E-state index contributed by atoms with van der Waals surface area (Å²) in [7, 11) is 0. The fourth-order valence-corrected chi connectivity index (χ4v) is 3.38. The van der Waals surface area contributed by atoms with Crippen LogP contribution in [0.5, 0.6) is 0 Å². The van der Waals surface area contributed by atoms with Crippen LogP contribution in [-0.2, 0) is 17.8 Å². The first kappa shape index (κ1) is 20.1. The number of aromatic nitrogens is 1. The van der Waals surface area contributed by atoms with Crippen molar-refractivity contribution in [1.82, 2.24) is 14.8 Å². The lowest BCUT2D eigenvalue weighted by Crippen LogP contribution is -2.35. The van der Waals surface area contributed by atoms with E-state index in [1.54, 1.807) is 4.90 Å². The van der Waals surface area contributed by atoms with Gasteiger partial charge in [0.25, 0.3) is 11.5 Å². The van der Waals surface area contributed by atoms with Crippen molar-refractivity contribution >= 4 is 23.4 Å². The SMILES string of the molecule is O=C(NCCCc1ccc(Cl)cc1)c1ccc(=O)n(CC(=O)N2CCCC2)c1. The van der Waals surface area contributed by atoms with Gasteiger partial charge in [0.15, 0.2) is 0 Å². The standard InChI is InChI=1S/C21H24ClN3O3/c22-18-8-5-16(6-9-18)4-3-11-23-21(28)17-7-10-19(26)25(14-17)15-20(27)24-12-1-2-13-24/h5-10,14H,1-4,11-13,15H2,(H,23,28). The van der Waals surface area contributed by atoms with E-state index in [2.05, 4.69) is 5.32 Å². The highest BCUT2D eigenvalue weighted by atomic mass is 35.5. The molecule has 0 radical (unpaired) electrons. The molecule has 1 aromatic carbocycles. The van der Waals surface area contributed by atoms with E-state index < -0.39 is 0 Å². The highest BCUT2D eigenvalue weighted by molar-refractivity contribution is 6.30. The Kier molecular flexibility index (Phi) is 6.87. The third-order valence-corrected chi connectivity index (χ3v) is 5.10. The van der Waals surface area contributed by atoms with Gasteiger partial charge in [0.05, 0.1) is 5.56 Å². The van der Waals surface area contributed by atoms with Crippen molar-refractivity contribution in [1.29, 1.82) is 0 Å². The van der Waals surface area contributed by atoms with Gasteiger partial charge in [-0.3, -0.25) is 14.4 Å². The van der Waals surface area contributed by atoms with E-state index in [1.807, 2.05) is 24.3 Å². The number of nitrogens with one attached hydrogen (secondary N) is 1. The highest BCUT2D eigenvalue weighted by Gasteiger charge is 2.18. The van der Waals surface area contributed by atoms with E-state index in [0.29, 0.717) is 17.1 Å². The molecule has 1 fully saturated rings. The fraction of sp³-hybridized carbons (Fsp3) is 0.381. The lowest BCUT2D eigenvalue weighted by atomic mass is 10.1. The summed E-state index contributed by atoms with van der Waals surface area (Å²) >= 11 is 5.87. The van der Waals surface area contributed by atoms with Crippen molar-refractivity contribution in [2.45, 2.75) is 32.2 Å². The Morgan fingerprint density at radius 1 is 1.04 bits per heavy atom. The van der Waals surface area contributed by atoms with Gasteiger partial charge in [-0.2, -0.15) is 0 Å². The Morgan fingerprint density at radius 2 is 1.75 bits per heavy atom. The lowest BCUT2D eigenvalue weighted by molar-refractivity contribution is -0.130. The molecule has 0 atom stereocenters. The molecule has 6 nitrogen and oxygen atoms in total. The van der Waals surface area contributed by atoms with Crippen LogP contribution < -0.4 is 10.9 Å². The number of nitrogens with zero attached hydrogens (tertiary/aromatic N) is 2. The van der Waals surface area contributed by atoms with Crippen LogP contribution >= 0.6 is 11.6 Å². The van der Waals surface area contributed by atoms with Crippen molar-refractivity contribution in [2.75, 3.05) is 19.6 Å². The van der Waals surface area contributed by atoms with Gasteiger partial charge in [-0.15, -0.1) is 0 Å². The van der Waals surface area contributed by atoms with E-state index in [0.717, 1.165) is 44.3 Å². The van der Waals surface area contributed by atoms with E-state index in [1.165, 1.54) is 22.9 Å². The predicted octanol–water partition coefficient (Wildman–Crippen LogP) is 2.49. The maximum absolute atomic E-state index is 12.4. The van der Waals surface area contributed by atoms with Crippen LogP contribution in [0.2, 0.25) is 5.02 Å². The topological polar surface area (TPSA) is 71.4 Å². The molecule has 1 N–H and O–H groups in total. The number of pyridine rings is 1. The molecule has 1 aliphatic heterocycles. The molecule has 0 saturated carbocycles. The molecular formula is C21H24ClN3O3. The van der Waals surface area contributed by atoms with Gasteiger partial charge in [0.1, 0.15) is 6.54 Å². The van der Waals surface area contributed by atoms with Crippen molar-refractivity contribution in [3.8, 4) is 0 Å². The summed E-state index contributed by atoms with van der Waals surface area (Å²) in [6.07, 6.45) is 5.09. The van der Waals surface area contributed by atoms with Crippen LogP contribution in [0.4, 0.5) is 0 Å². The fourth-order valence-electron chi connectivity index (χ4n) is 3.25. The lowest BCUT2D eigenvalue weighted by Gasteiger charge is -2.16. The third kappa shape index (κ3) is 5.45. The monoisotopic (exact) mass is 401 g/mol. The van der Waals surface area contributed by atoms with Gasteiger partial charge < -0.3 is 14.8 Å². The molecule has 1 aromatic heterocycles. The molecule has 0 spiro atoms. The van der Waals surface area contributed by atoms with Gasteiger partial charge in [0.2, 0.25) is 5.91 Å². The zero-order valence-corrected chi connectivity index (χ0v) is 16.5. The Hall–Kier alpha value is -2.60. The molecular weight excluding hydrogens is 378 g/mol. The number of hydrogen-bond acceptors (Lipinski definition) is 3. The maximum atomic E-state index is 12.4. The average molecular weight is 402 g/mol. The number of carbonyl (C=O) groups excluding carboxylic acids is 2. The number of likely N-dealkylation sites (tertiary alicyclic amines) is 1. The van der Waals surface area contributed by atoms with Crippen LogP contribution in [0.1, 0.15) is 35.2 Å². The number of rotatable bonds is 7. The smallest absolute Gasteiger partial charge is 0.252 e. The van der Waals surface area contributed by atoms with Gasteiger partial charge in [-0.1, -0.05) is 23.7 Å². The summed E-state index contributed by atoms with van der Waals surface area (Å²) in [5.41, 5.74) is 1.25. The number of amides is 2. The molecule has 2 aromatic rings. The predicted molar refractivity (Wildman–Crippen MR) is 109 cm³/mol. The van der Waals surface area contributed by atoms with E-state index in [-0.39, 0.29) is 23.9 Å². The third-order valence-electron chi connectivity index (χ3n) is 4.85. The minimum atomic E-state index is -0.285. The molecule has 2 heterocycles. The van der Waals surface area contributed by atoms with Gasteiger partial charge in [-0.25, -0.2) is 0 Å². The molecule has 28 heavy (non-hydrogen) atoms. The summed E-state index contributed by atoms with van der Waals surface area (Å²) in [6, 6.07) is 10.5. The zero-order valence-electron chi connectivity index (χ0n) is 15.7. The highest BCUT2D eigenvalue weighted by Crippen LogP contribution is 2.11. The Labute approximate surface area is 169 Å². The Bertz CT molecular complexity index is 887. The summed E-state index contributed by atoms with van der Waals surface area (Å²) < 4.78 is 1.31. The van der Waals surface area contributed by atoms with Crippen LogP contribution in [0.3, 0.4) is 0 Å². The van der Waals surface area contributed by atoms with Crippen molar-refractivity contribution < 1.29 is 9.59 Å². The minimum Gasteiger partial charge on any atom is -0.352 e. The number of carbonyl (C=O) groups is 2. The quantitative estimate of drug-likeness (QED) is 0.724. The number of benzene rings is 1. The number of aryl methyl sites for hydroxylation is 1. The summed E-state index contributed by atoms with van der Waals surface area (Å²) in [6.45, 7) is 1.96. The van der Waals surface area contributed by atoms with Crippen LogP contribution in [0, 0.1) is 0 Å². The summed E-state index contributed by atoms with van der Waals surface area (Å²) in [5.74, 6) is -0.335. The molecule has 0 unspecified atom stereocenters. The second-order valence-corrected chi connectivity index (χ2v) is 7.39. The van der Waals surface area contributed by atoms with Crippen LogP contribution in [0.25, 0.3) is 0 Å². The van der Waals surface area contributed by atoms with Gasteiger partial charge in [0, 0.05) is 36.9 Å². The first-order chi connectivity index (χ1) is 13.5. The second kappa shape index (κ2) is 9.55. The van der Waals surface area contributed by atoms with Crippen molar-refractivity contribution in [3.05, 3.63) is 69.1 Å². The maximum Gasteiger partial charge on any atom is 0.252 e. The Morgan fingerprint density at radius 3 is 2.46 bits per heavy atom. The summed E-state index contributed by atoms with van der Waals surface area (Å²) in [4.78, 5) is 38.4. The Balaban J connectivity index is 1.52. The normalized spacial score (nSPS) is 13.5. The average Bonchev–Trinajstić information content (AvgIpc) is 3.23. The van der Waals surface area contributed by atoms with Gasteiger partial charge >= 0.3 is 0 Å². The molecule has 3 rings (SSSR count). The second-order valence-electron chi connectivity index (χ2n) is 6.96. The first-order valence-corrected chi connectivity index (χ1v) is 9.91. The molecule has 1 saturated heterocycles. The van der Waals surface area contributed by atoms with Crippen molar-refractivity contribution in [2.24, 2.45) is 0 Å². The first-order valence-electron chi connectivity index (χ1n) is 9.54. The molecule has 0 bridgehead atoms. The van der Waals surface area contributed by atoms with E-state index in [4.69, 9.17) is 11.6 Å².